The standard InChI is InChI=1S/C54H28F24P2/c55-47(56,57)31-13-32(48(58,59)60)18-39(17-31)79(40-19-33(49(61,62)63)14-34(20-40)50(64,65)66)25-29-11-9-27-5-1-3-7-43(27)45(29)46-30(12-10-28-6-2-4-8-44(28)46)26-80(41-21-35(51(67,68)69)15-36(22-41)52(70,71)72)42-23-37(53(73,74)75)16-38(24-42)54(76,77)78/h1-24H,25-26H2. The molecule has 0 fully saturated rings. The molecule has 0 aromatic heterocycles. The molecule has 0 aliphatic rings. The highest BCUT2D eigenvalue weighted by Crippen LogP contribution is 2.52. The Hall–Kier alpha value is -6.54. The Kier molecular flexibility index (Phi) is 15.5. The zero-order valence-corrected chi connectivity index (χ0v) is 41.0. The van der Waals surface area contributed by atoms with Crippen molar-refractivity contribution < 1.29 is 105 Å². The van der Waals surface area contributed by atoms with E-state index in [0.29, 0.717) is 0 Å². The molecule has 422 valence electrons. The maximum Gasteiger partial charge on any atom is 0.416 e. The van der Waals surface area contributed by atoms with Crippen molar-refractivity contribution in [2.24, 2.45) is 0 Å². The molecule has 8 aromatic rings. The Balaban J connectivity index is 1.50. The molecular formula is C54H28F24P2. The minimum absolute atomic E-state index is 0.0128. The highest BCUT2D eigenvalue weighted by molar-refractivity contribution is 7.72. The molecule has 0 aliphatic carbocycles. The van der Waals surface area contributed by atoms with E-state index in [-0.39, 0.29) is 117 Å². The molecule has 0 amide bonds. The van der Waals surface area contributed by atoms with Crippen LogP contribution in [0.5, 0.6) is 0 Å². The molecule has 0 bridgehead atoms. The Morgan fingerprint density at radius 2 is 0.438 bits per heavy atom. The van der Waals surface area contributed by atoms with E-state index in [1.807, 2.05) is 0 Å². The second kappa shape index (κ2) is 20.8. The first-order valence-corrected chi connectivity index (χ1v) is 25.5. The topological polar surface area (TPSA) is 0 Å². The number of halogens is 24. The van der Waals surface area contributed by atoms with Crippen molar-refractivity contribution in [1.82, 2.24) is 0 Å². The lowest BCUT2D eigenvalue weighted by Gasteiger charge is -2.27. The lowest BCUT2D eigenvalue weighted by molar-refractivity contribution is -0.144. The summed E-state index contributed by atoms with van der Waals surface area (Å²) in [6.45, 7) is 0. The van der Waals surface area contributed by atoms with Crippen LogP contribution in [0, 0.1) is 0 Å². The van der Waals surface area contributed by atoms with Crippen LogP contribution in [-0.4, -0.2) is 0 Å². The van der Waals surface area contributed by atoms with Crippen LogP contribution >= 0.6 is 15.8 Å². The van der Waals surface area contributed by atoms with Crippen molar-refractivity contribution in [2.45, 2.75) is 61.7 Å². The van der Waals surface area contributed by atoms with Crippen molar-refractivity contribution in [1.29, 1.82) is 0 Å². The van der Waals surface area contributed by atoms with Crippen LogP contribution in [-0.2, 0) is 61.7 Å². The molecule has 0 aliphatic heterocycles. The van der Waals surface area contributed by atoms with E-state index >= 15 is 0 Å². The molecule has 0 nitrogen and oxygen atoms in total. The summed E-state index contributed by atoms with van der Waals surface area (Å²) in [5, 5.41) is -3.91. The Labute approximate surface area is 437 Å². The van der Waals surface area contributed by atoms with E-state index in [4.69, 9.17) is 0 Å². The van der Waals surface area contributed by atoms with Crippen molar-refractivity contribution in [2.75, 3.05) is 0 Å². The summed E-state index contributed by atoms with van der Waals surface area (Å²) >= 11 is 0. The predicted molar refractivity (Wildman–Crippen MR) is 252 cm³/mol. The SMILES string of the molecule is FC(F)(F)c1cc(P(Cc2ccc3ccccc3c2-c2c(CP(c3cc(C(F)(F)F)cc(C(F)(F)F)c3)c3cc(C(F)(F)F)cc(C(F)(F)F)c3)ccc3ccccc23)c2cc(C(F)(F)F)cc(C(F)(F)F)c2)cc(C(F)(F)F)c1. The second-order valence-electron chi connectivity index (χ2n) is 17.9. The van der Waals surface area contributed by atoms with Gasteiger partial charge in [0.15, 0.2) is 0 Å². The highest BCUT2D eigenvalue weighted by atomic mass is 31.1. The van der Waals surface area contributed by atoms with Gasteiger partial charge in [-0.1, -0.05) is 72.8 Å². The summed E-state index contributed by atoms with van der Waals surface area (Å²) in [5.74, 6) is 0. The zero-order chi connectivity index (χ0) is 59.1. The van der Waals surface area contributed by atoms with Crippen molar-refractivity contribution in [3.8, 4) is 11.1 Å². The van der Waals surface area contributed by atoms with E-state index in [9.17, 15) is 105 Å². The Morgan fingerprint density at radius 1 is 0.237 bits per heavy atom. The second-order valence-corrected chi connectivity index (χ2v) is 22.3. The summed E-state index contributed by atoms with van der Waals surface area (Å²) in [5.41, 5.74) is -17.3. The van der Waals surface area contributed by atoms with Gasteiger partial charge in [-0.2, -0.15) is 105 Å². The maximum atomic E-state index is 14.5. The highest BCUT2D eigenvalue weighted by Gasteiger charge is 2.43. The third-order valence-corrected chi connectivity index (χ3v) is 17.3. The smallest absolute Gasteiger partial charge is 0.166 e. The molecule has 8 rings (SSSR count). The van der Waals surface area contributed by atoms with Gasteiger partial charge in [-0.3, -0.25) is 0 Å². The fourth-order valence-corrected chi connectivity index (χ4v) is 13.8. The third-order valence-electron chi connectivity index (χ3n) is 12.5. The fraction of sp³-hybridized carbons (Fsp3) is 0.185. The molecule has 80 heavy (non-hydrogen) atoms. The van der Waals surface area contributed by atoms with Crippen LogP contribution < -0.4 is 21.2 Å². The van der Waals surface area contributed by atoms with Crippen molar-refractivity contribution in [3.05, 3.63) is 201 Å². The largest absolute Gasteiger partial charge is 0.416 e. The van der Waals surface area contributed by atoms with Gasteiger partial charge in [0.1, 0.15) is 0 Å². The van der Waals surface area contributed by atoms with E-state index in [1.54, 1.807) is 0 Å². The predicted octanol–water partition coefficient (Wildman–Crippen LogP) is 19.1. The van der Waals surface area contributed by atoms with Gasteiger partial charge >= 0.3 is 49.4 Å². The zero-order valence-electron chi connectivity index (χ0n) is 39.2. The van der Waals surface area contributed by atoms with Gasteiger partial charge in [0.2, 0.25) is 0 Å². The van der Waals surface area contributed by atoms with Gasteiger partial charge in [0, 0.05) is 12.3 Å². The van der Waals surface area contributed by atoms with E-state index in [1.165, 1.54) is 60.7 Å². The van der Waals surface area contributed by atoms with Gasteiger partial charge < -0.3 is 0 Å². The normalized spacial score (nSPS) is 13.6. The van der Waals surface area contributed by atoms with Crippen molar-refractivity contribution >= 4 is 58.6 Å². The van der Waals surface area contributed by atoms with E-state index in [0.717, 1.165) is 12.1 Å². The number of fused-ring (bicyclic) bond motifs is 2. The summed E-state index contributed by atoms with van der Waals surface area (Å²) < 4.78 is 348. The summed E-state index contributed by atoms with van der Waals surface area (Å²) in [4.78, 5) is 0. The van der Waals surface area contributed by atoms with Gasteiger partial charge in [0.25, 0.3) is 0 Å². The lowest BCUT2D eigenvalue weighted by Crippen LogP contribution is -2.23. The molecule has 26 heteroatoms. The van der Waals surface area contributed by atoms with Crippen molar-refractivity contribution in [3.63, 3.8) is 0 Å². The number of rotatable bonds is 9. The maximum absolute atomic E-state index is 14.5. The monoisotopic (exact) mass is 1190 g/mol. The van der Waals surface area contributed by atoms with Crippen LogP contribution in [0.2, 0.25) is 0 Å². The Morgan fingerprint density at radius 3 is 0.637 bits per heavy atom. The lowest BCUT2D eigenvalue weighted by atomic mass is 9.88. The summed E-state index contributed by atoms with van der Waals surface area (Å²) in [7, 11) is -6.73. The molecule has 0 saturated carbocycles. The minimum Gasteiger partial charge on any atom is -0.166 e. The summed E-state index contributed by atoms with van der Waals surface area (Å²) in [6, 6.07) is 15.3. The molecule has 0 atom stereocenters. The Bertz CT molecular complexity index is 3110. The molecular weight excluding hydrogens is 1170 g/mol. The molecule has 0 spiro atoms. The first kappa shape index (κ1) is 59.6. The number of hydrogen-bond acceptors (Lipinski definition) is 0. The molecule has 0 heterocycles. The van der Waals surface area contributed by atoms with Gasteiger partial charge in [0.05, 0.1) is 44.5 Å². The average Bonchev–Trinajstić information content (AvgIpc) is 3.56. The van der Waals surface area contributed by atoms with E-state index < -0.39 is 143 Å². The third kappa shape index (κ3) is 13.0. The molecule has 8 aromatic carbocycles. The van der Waals surface area contributed by atoms with Crippen LogP contribution in [0.4, 0.5) is 105 Å². The average molecular weight is 1190 g/mol. The van der Waals surface area contributed by atoms with Crippen LogP contribution in [0.3, 0.4) is 0 Å². The number of benzene rings is 8. The first-order chi connectivity index (χ1) is 36.7. The molecule has 0 N–H and O–H groups in total. The minimum atomic E-state index is -5.63. The van der Waals surface area contributed by atoms with Gasteiger partial charge in [-0.15, -0.1) is 0 Å². The van der Waals surface area contributed by atoms with Gasteiger partial charge in [-0.05, 0) is 154 Å². The van der Waals surface area contributed by atoms with Crippen LogP contribution in [0.1, 0.15) is 55.6 Å². The fourth-order valence-electron chi connectivity index (χ4n) is 8.87. The summed E-state index contributed by atoms with van der Waals surface area (Å²) in [6.07, 6.45) is -47.2. The molecule has 0 unspecified atom stereocenters. The quantitative estimate of drug-likeness (QED) is 0.0998. The van der Waals surface area contributed by atoms with Crippen LogP contribution in [0.25, 0.3) is 32.7 Å². The molecule has 0 radical (unpaired) electrons. The number of hydrogen-bond donors (Lipinski definition) is 0. The van der Waals surface area contributed by atoms with E-state index in [2.05, 4.69) is 0 Å². The van der Waals surface area contributed by atoms with Crippen LogP contribution in [0.15, 0.2) is 146 Å². The van der Waals surface area contributed by atoms with Gasteiger partial charge in [-0.25, -0.2) is 0 Å². The first-order valence-electron chi connectivity index (χ1n) is 22.4. The molecule has 0 saturated heterocycles. The number of alkyl halides is 24.